The van der Waals surface area contributed by atoms with Gasteiger partial charge < -0.3 is 30.8 Å². The molecule has 0 aliphatic carbocycles. The summed E-state index contributed by atoms with van der Waals surface area (Å²) in [6, 6.07) is 6.27. The molecule has 1 saturated heterocycles. The molecule has 39 heavy (non-hydrogen) atoms. The Bertz CT molecular complexity index is 607. The summed E-state index contributed by atoms with van der Waals surface area (Å²) < 4.78 is 33.7. The monoisotopic (exact) mass is 658 g/mol. The lowest BCUT2D eigenvalue weighted by atomic mass is 10.5. The van der Waals surface area contributed by atoms with Gasteiger partial charge in [0.25, 0.3) is 0 Å². The second-order valence-corrected chi connectivity index (χ2v) is 36.8. The lowest BCUT2D eigenvalue weighted by molar-refractivity contribution is 0.220. The van der Waals surface area contributed by atoms with Gasteiger partial charge >= 0.3 is 34.2 Å². The average Bonchev–Trinajstić information content (AvgIpc) is 2.74. The second-order valence-electron chi connectivity index (χ2n) is 13.3. The Balaban J connectivity index is 0.000000830. The van der Waals surface area contributed by atoms with Crippen LogP contribution in [0.1, 0.15) is 66.2 Å². The van der Waals surface area contributed by atoms with E-state index in [1.807, 2.05) is 0 Å². The van der Waals surface area contributed by atoms with Crippen LogP contribution >= 0.6 is 0 Å². The van der Waals surface area contributed by atoms with E-state index in [2.05, 4.69) is 80.1 Å². The van der Waals surface area contributed by atoms with Gasteiger partial charge in [0.1, 0.15) is 0 Å². The van der Waals surface area contributed by atoms with Crippen LogP contribution in [0, 0.1) is 0 Å². The quantitative estimate of drug-likeness (QED) is 0.162. The van der Waals surface area contributed by atoms with Gasteiger partial charge in [0.15, 0.2) is 16.6 Å². The van der Waals surface area contributed by atoms with E-state index in [1.165, 1.54) is 0 Å². The van der Waals surface area contributed by atoms with Crippen molar-refractivity contribution in [1.29, 1.82) is 0 Å². The Morgan fingerprint density at radius 1 is 0.564 bits per heavy atom. The Kier molecular flexibility index (Phi) is 18.4. The van der Waals surface area contributed by atoms with E-state index in [0.29, 0.717) is 0 Å². The van der Waals surface area contributed by atoms with E-state index in [0.717, 1.165) is 74.8 Å². The minimum Gasteiger partial charge on any atom is -0.456 e. The van der Waals surface area contributed by atoms with Crippen LogP contribution in [-0.2, 0) is 20.6 Å². The van der Waals surface area contributed by atoms with Gasteiger partial charge in [0, 0.05) is 13.2 Å². The van der Waals surface area contributed by atoms with Gasteiger partial charge in [0.05, 0.1) is 0 Å². The first-order valence-electron chi connectivity index (χ1n) is 15.6. The van der Waals surface area contributed by atoms with Crippen molar-refractivity contribution in [2.75, 3.05) is 13.2 Å². The fourth-order valence-electron chi connectivity index (χ4n) is 5.96. The number of rotatable bonds is 16. The molecule has 0 aromatic carbocycles. The van der Waals surface area contributed by atoms with Crippen LogP contribution in [0.3, 0.4) is 0 Å². The highest BCUT2D eigenvalue weighted by atomic mass is 28.5. The largest absolute Gasteiger partial charge is 0.456 e. The molecule has 0 saturated carbocycles. The normalized spacial score (nSPS) is 20.5. The SMILES string of the molecule is CCC[Si]1(CCC)O[Si](C)(C)O[Si](C)(C)O[Si](CCC)(CCC)O1.C[Si](C)(C)O[Si](C)(CCCO)CCCO. The molecule has 0 bridgehead atoms. The molecule has 0 aromatic heterocycles. The second kappa shape index (κ2) is 18.0. The third-order valence-electron chi connectivity index (χ3n) is 6.53. The molecule has 1 fully saturated rings. The molecule has 7 nitrogen and oxygen atoms in total. The zero-order valence-electron chi connectivity index (χ0n) is 27.8. The summed E-state index contributed by atoms with van der Waals surface area (Å²) in [6.45, 7) is 27.0. The zero-order valence-corrected chi connectivity index (χ0v) is 33.8. The molecule has 1 heterocycles. The zero-order chi connectivity index (χ0) is 30.4. The summed E-state index contributed by atoms with van der Waals surface area (Å²) in [5.41, 5.74) is 0. The van der Waals surface area contributed by atoms with Crippen molar-refractivity contribution in [2.24, 2.45) is 0 Å². The number of aliphatic hydroxyl groups is 2. The van der Waals surface area contributed by atoms with Crippen molar-refractivity contribution in [3.8, 4) is 0 Å². The van der Waals surface area contributed by atoms with Crippen molar-refractivity contribution in [3.05, 3.63) is 0 Å². The van der Waals surface area contributed by atoms with Gasteiger partial charge in [-0.25, -0.2) is 0 Å². The molecule has 13 heteroatoms. The van der Waals surface area contributed by atoms with E-state index < -0.39 is 50.9 Å². The fraction of sp³-hybridized carbons (Fsp3) is 1.00. The molecule has 236 valence electrons. The molecule has 0 spiro atoms. The summed E-state index contributed by atoms with van der Waals surface area (Å²) in [5.74, 6) is 0. The first-order valence-corrected chi connectivity index (χ1v) is 31.9. The van der Waals surface area contributed by atoms with Crippen molar-refractivity contribution >= 4 is 50.9 Å². The predicted octanol–water partition coefficient (Wildman–Crippen LogP) is 8.17. The van der Waals surface area contributed by atoms with E-state index in [-0.39, 0.29) is 13.2 Å². The number of hydrogen-bond donors (Lipinski definition) is 2. The predicted molar refractivity (Wildman–Crippen MR) is 180 cm³/mol. The van der Waals surface area contributed by atoms with Crippen molar-refractivity contribution in [3.63, 3.8) is 0 Å². The Morgan fingerprint density at radius 2 is 0.897 bits per heavy atom. The standard InChI is InChI=1S/C16H40O4Si4.C10H26O3Si2/c1-9-13-23(14-10-2)18-21(5,6)17-22(7,8)19-24(20-23,15-11-3)16-12-4;1-14(2,3)13-15(4,9-5-7-11)10-6-8-12/h9-16H2,1-8H3;11-12H,5-10H2,1-4H3. The average molecular weight is 659 g/mol. The molecule has 1 aliphatic rings. The van der Waals surface area contributed by atoms with E-state index in [9.17, 15) is 0 Å². The topological polar surface area (TPSA) is 86.6 Å². The van der Waals surface area contributed by atoms with Crippen LogP contribution in [0.25, 0.3) is 0 Å². The van der Waals surface area contributed by atoms with Crippen molar-refractivity contribution in [1.82, 2.24) is 0 Å². The summed E-state index contributed by atoms with van der Waals surface area (Å²) in [4.78, 5) is 0. The molecular formula is C26H66O7Si6. The number of aliphatic hydroxyl groups excluding tert-OH is 2. The maximum atomic E-state index is 8.88. The highest BCUT2D eigenvalue weighted by molar-refractivity contribution is 6.94. The maximum Gasteiger partial charge on any atom is 0.320 e. The van der Waals surface area contributed by atoms with Crippen LogP contribution in [0.5, 0.6) is 0 Å². The van der Waals surface area contributed by atoms with Gasteiger partial charge in [0.2, 0.25) is 0 Å². The van der Waals surface area contributed by atoms with E-state index >= 15 is 0 Å². The Hall–Kier alpha value is 1.02. The smallest absolute Gasteiger partial charge is 0.320 e. The maximum absolute atomic E-state index is 8.88. The Morgan fingerprint density at radius 3 is 1.15 bits per heavy atom. The molecule has 1 aliphatic heterocycles. The fourth-order valence-corrected chi connectivity index (χ4v) is 38.4. The molecular weight excluding hydrogens is 593 g/mol. The number of hydrogen-bond acceptors (Lipinski definition) is 7. The minimum absolute atomic E-state index is 0.247. The molecule has 0 radical (unpaired) electrons. The van der Waals surface area contributed by atoms with Crippen LogP contribution in [0.15, 0.2) is 0 Å². The molecule has 0 atom stereocenters. The lowest BCUT2D eigenvalue weighted by Crippen LogP contribution is -2.67. The van der Waals surface area contributed by atoms with Crippen molar-refractivity contribution in [2.45, 2.75) is 155 Å². The summed E-state index contributed by atoms with van der Waals surface area (Å²) in [7, 11) is -12.2. The van der Waals surface area contributed by atoms with Crippen LogP contribution < -0.4 is 0 Å². The van der Waals surface area contributed by atoms with Gasteiger partial charge in [-0.2, -0.15) is 0 Å². The molecule has 1 rings (SSSR count). The summed E-state index contributed by atoms with van der Waals surface area (Å²) in [5, 5.41) is 17.8. The molecule has 0 amide bonds. The van der Waals surface area contributed by atoms with Gasteiger partial charge in [-0.1, -0.05) is 53.4 Å². The third kappa shape index (κ3) is 16.4. The summed E-state index contributed by atoms with van der Waals surface area (Å²) in [6.07, 6.45) is 6.11. The van der Waals surface area contributed by atoms with Crippen LogP contribution in [0.4, 0.5) is 0 Å². The van der Waals surface area contributed by atoms with Gasteiger partial charge in [-0.3, -0.25) is 0 Å². The summed E-state index contributed by atoms with van der Waals surface area (Å²) >= 11 is 0. The van der Waals surface area contributed by atoms with Crippen LogP contribution in [-0.4, -0.2) is 74.3 Å². The first-order chi connectivity index (χ1) is 17.9. The first kappa shape index (κ1) is 40.0. The molecule has 0 aromatic rings. The lowest BCUT2D eigenvalue weighted by Gasteiger charge is -2.50. The van der Waals surface area contributed by atoms with E-state index in [4.69, 9.17) is 30.8 Å². The van der Waals surface area contributed by atoms with Crippen LogP contribution in [0.2, 0.25) is 88.6 Å². The van der Waals surface area contributed by atoms with Crippen molar-refractivity contribution < 1.29 is 30.8 Å². The van der Waals surface area contributed by atoms with Gasteiger partial charge in [-0.15, -0.1) is 0 Å². The molecule has 2 N–H and O–H groups in total. The Labute approximate surface area is 249 Å². The minimum atomic E-state index is -2.28. The highest BCUT2D eigenvalue weighted by Crippen LogP contribution is 2.39. The highest BCUT2D eigenvalue weighted by Gasteiger charge is 2.56. The molecule has 0 unspecified atom stereocenters. The van der Waals surface area contributed by atoms with E-state index in [1.54, 1.807) is 0 Å². The van der Waals surface area contributed by atoms with Gasteiger partial charge in [-0.05, 0) is 101 Å². The third-order valence-corrected chi connectivity index (χ3v) is 32.6.